The van der Waals surface area contributed by atoms with Gasteiger partial charge < -0.3 is 31.3 Å². The molecule has 2 aromatic heterocycles. The summed E-state index contributed by atoms with van der Waals surface area (Å²) in [6, 6.07) is 5.40. The van der Waals surface area contributed by atoms with E-state index in [9.17, 15) is 18.4 Å². The van der Waals surface area contributed by atoms with Gasteiger partial charge in [-0.15, -0.1) is 5.10 Å². The number of likely N-dealkylation sites (tertiary alicyclic amines) is 1. The number of carbonyl (C=O) groups is 2. The number of alkyl halides is 2. The van der Waals surface area contributed by atoms with Crippen molar-refractivity contribution in [3.8, 4) is 5.75 Å². The topological polar surface area (TPSA) is 163 Å². The summed E-state index contributed by atoms with van der Waals surface area (Å²) in [5.41, 5.74) is 5.41. The lowest BCUT2D eigenvalue weighted by atomic mass is 10.0. The number of nitrogens with two attached hydrogens (primary N) is 1. The molecule has 2 aliphatic heterocycles. The van der Waals surface area contributed by atoms with Gasteiger partial charge in [-0.05, 0) is 36.1 Å². The minimum absolute atomic E-state index is 0.0530. The van der Waals surface area contributed by atoms with Gasteiger partial charge in [0.25, 0.3) is 5.91 Å². The van der Waals surface area contributed by atoms with Crippen LogP contribution in [0.4, 0.5) is 14.6 Å². The summed E-state index contributed by atoms with van der Waals surface area (Å²) >= 11 is 6.08. The quantitative estimate of drug-likeness (QED) is 0.240. The summed E-state index contributed by atoms with van der Waals surface area (Å²) in [5.74, 6) is -0.497. The number of nitrogens with zero attached hydrogens (tertiary/aromatic N) is 4. The molecular weight excluding hydrogens is 548 g/mol. The van der Waals surface area contributed by atoms with E-state index in [2.05, 4.69) is 30.8 Å². The maximum absolute atomic E-state index is 13.3. The number of hydrogen-bond acceptors (Lipinski definition) is 9. The Morgan fingerprint density at radius 3 is 2.77 bits per heavy atom. The zero-order valence-electron chi connectivity index (χ0n) is 21.0. The molecule has 3 aromatic rings. The fourth-order valence-corrected chi connectivity index (χ4v) is 5.10. The normalized spacial score (nSPS) is 18.7. The van der Waals surface area contributed by atoms with Crippen LogP contribution in [0.3, 0.4) is 0 Å². The molecule has 2 fully saturated rings. The molecule has 1 aromatic carbocycles. The number of carbonyl (C=O) groups excluding carboxylic acids is 2. The predicted octanol–water partition coefficient (Wildman–Crippen LogP) is 1.47. The van der Waals surface area contributed by atoms with Gasteiger partial charge in [-0.2, -0.15) is 8.78 Å². The zero-order chi connectivity index (χ0) is 28.4. The second kappa shape index (κ2) is 11.4. The molecule has 5 rings (SSSR count). The highest BCUT2D eigenvalue weighted by atomic mass is 35.5. The van der Waals surface area contributed by atoms with Crippen LogP contribution in [0.1, 0.15) is 15.9 Å². The number of fused-ring (bicyclic) bond motifs is 2. The Hall–Kier alpha value is -4.30. The van der Waals surface area contributed by atoms with Crippen molar-refractivity contribution in [2.75, 3.05) is 38.5 Å². The first kappa shape index (κ1) is 27.3. The van der Waals surface area contributed by atoms with Crippen molar-refractivity contribution >= 4 is 40.6 Å². The number of nitrogen functional groups attached to an aromatic ring is 1. The molecule has 0 saturated carbocycles. The van der Waals surface area contributed by atoms with Crippen molar-refractivity contribution < 1.29 is 23.1 Å². The van der Waals surface area contributed by atoms with Crippen LogP contribution in [0.5, 0.6) is 5.75 Å². The van der Waals surface area contributed by atoms with E-state index in [-0.39, 0.29) is 51.5 Å². The summed E-state index contributed by atoms with van der Waals surface area (Å²) in [7, 11) is 0. The van der Waals surface area contributed by atoms with Gasteiger partial charge in [0.1, 0.15) is 11.3 Å². The van der Waals surface area contributed by atoms with Gasteiger partial charge in [-0.3, -0.25) is 15.0 Å². The maximum atomic E-state index is 13.3. The van der Waals surface area contributed by atoms with Crippen LogP contribution < -0.4 is 26.4 Å². The van der Waals surface area contributed by atoms with Crippen LogP contribution in [0, 0.1) is 17.2 Å². The number of nitrogens with one attached hydrogen (secondary N) is 4. The third-order valence-corrected chi connectivity index (χ3v) is 7.07. The van der Waals surface area contributed by atoms with Crippen molar-refractivity contribution in [2.45, 2.75) is 6.61 Å². The van der Waals surface area contributed by atoms with E-state index >= 15 is 0 Å². The summed E-state index contributed by atoms with van der Waals surface area (Å²) in [4.78, 5) is 32.1. The maximum Gasteiger partial charge on any atom is 0.387 e. The molecule has 2 saturated heterocycles. The van der Waals surface area contributed by atoms with E-state index < -0.39 is 18.2 Å². The van der Waals surface area contributed by atoms with Crippen molar-refractivity contribution in [3.63, 3.8) is 0 Å². The van der Waals surface area contributed by atoms with Gasteiger partial charge in [0.05, 0.1) is 18.0 Å². The molecule has 0 radical (unpaired) electrons. The summed E-state index contributed by atoms with van der Waals surface area (Å²) in [5, 5.41) is 21.7. The van der Waals surface area contributed by atoms with Gasteiger partial charge in [-0.1, -0.05) is 11.6 Å². The fraction of sp³-hybridized carbons (Fsp3) is 0.320. The Kier molecular flexibility index (Phi) is 7.80. The predicted molar refractivity (Wildman–Crippen MR) is 142 cm³/mol. The molecule has 40 heavy (non-hydrogen) atoms. The molecule has 2 unspecified atom stereocenters. The summed E-state index contributed by atoms with van der Waals surface area (Å²) in [6.45, 7) is -0.224. The van der Waals surface area contributed by atoms with Crippen LogP contribution >= 0.6 is 11.6 Å². The van der Waals surface area contributed by atoms with Gasteiger partial charge in [0, 0.05) is 55.4 Å². The third-order valence-electron chi connectivity index (χ3n) is 6.84. The number of allylic oxidation sites excluding steroid dienone is 1. The van der Waals surface area contributed by atoms with E-state index in [1.807, 2.05) is 0 Å². The molecule has 15 heteroatoms. The second-order valence-electron chi connectivity index (χ2n) is 9.41. The Bertz CT molecular complexity index is 1480. The van der Waals surface area contributed by atoms with Crippen LogP contribution in [-0.4, -0.2) is 76.4 Å². The molecule has 2 amide bonds. The standard InChI is InChI=1S/C25H26ClF2N9O3/c26-15-2-3-18(40-25(27)28)16(6-15)21(29)17(9-32-10-19(38)36-11-13-7-31-8-14(13)12-36)34-24(39)20-22(30)35-37-5-1-4-33-23(20)37/h1-6,9,13-14,25,29,31-32H,7-8,10-12H2,(H2,30,35)(H,34,39)/b17-9+,29-21?. The summed E-state index contributed by atoms with van der Waals surface area (Å²) < 4.78 is 32.1. The highest BCUT2D eigenvalue weighted by Crippen LogP contribution is 2.28. The van der Waals surface area contributed by atoms with Gasteiger partial charge in [0.15, 0.2) is 11.5 Å². The Morgan fingerprint density at radius 2 is 2.05 bits per heavy atom. The van der Waals surface area contributed by atoms with E-state index in [1.165, 1.54) is 35.1 Å². The highest BCUT2D eigenvalue weighted by Gasteiger charge is 2.37. The largest absolute Gasteiger partial charge is 0.434 e. The SMILES string of the molecule is N=C(/C(=C\NCC(=O)N1CC2CNCC2C1)NC(=O)c1c(N)nn2cccnc12)c1cc(Cl)ccc1OC(F)F. The molecule has 12 nitrogen and oxygen atoms in total. The molecule has 210 valence electrons. The first-order valence-electron chi connectivity index (χ1n) is 12.4. The summed E-state index contributed by atoms with van der Waals surface area (Å²) in [6.07, 6.45) is 4.27. The number of benzene rings is 1. The van der Waals surface area contributed by atoms with Gasteiger partial charge in [0.2, 0.25) is 5.91 Å². The Morgan fingerprint density at radius 1 is 1.30 bits per heavy atom. The van der Waals surface area contributed by atoms with Crippen molar-refractivity contribution in [2.24, 2.45) is 11.8 Å². The van der Waals surface area contributed by atoms with Crippen molar-refractivity contribution in [1.82, 2.24) is 35.4 Å². The van der Waals surface area contributed by atoms with Crippen molar-refractivity contribution in [1.29, 1.82) is 5.41 Å². The van der Waals surface area contributed by atoms with Gasteiger partial charge >= 0.3 is 6.61 Å². The third kappa shape index (κ3) is 5.67. The molecule has 2 atom stereocenters. The minimum atomic E-state index is -3.16. The van der Waals surface area contributed by atoms with Crippen LogP contribution in [0.25, 0.3) is 5.65 Å². The van der Waals surface area contributed by atoms with Crippen LogP contribution in [0.2, 0.25) is 5.02 Å². The minimum Gasteiger partial charge on any atom is -0.434 e. The first-order valence-corrected chi connectivity index (χ1v) is 12.7. The van der Waals surface area contributed by atoms with E-state index in [1.54, 1.807) is 17.2 Å². The molecule has 2 aliphatic rings. The number of amides is 2. The van der Waals surface area contributed by atoms with Gasteiger partial charge in [-0.25, -0.2) is 9.50 Å². The smallest absolute Gasteiger partial charge is 0.387 e. The molecule has 0 bridgehead atoms. The second-order valence-corrected chi connectivity index (χ2v) is 9.85. The average Bonchev–Trinajstić information content (AvgIpc) is 3.61. The Balaban J connectivity index is 1.40. The highest BCUT2D eigenvalue weighted by molar-refractivity contribution is 6.31. The zero-order valence-corrected chi connectivity index (χ0v) is 21.8. The molecule has 6 N–H and O–H groups in total. The first-order chi connectivity index (χ1) is 19.2. The molecular formula is C25H26ClF2N9O3. The molecule has 0 spiro atoms. The van der Waals surface area contributed by atoms with E-state index in [4.69, 9.17) is 22.7 Å². The van der Waals surface area contributed by atoms with Crippen LogP contribution in [0.15, 0.2) is 48.6 Å². The van der Waals surface area contributed by atoms with Crippen molar-refractivity contribution in [3.05, 3.63) is 64.7 Å². The number of halogens is 3. The van der Waals surface area contributed by atoms with Crippen LogP contribution in [-0.2, 0) is 4.79 Å². The number of hydrogen-bond donors (Lipinski definition) is 5. The average molecular weight is 574 g/mol. The fourth-order valence-electron chi connectivity index (χ4n) is 4.93. The monoisotopic (exact) mass is 573 g/mol. The lowest BCUT2D eigenvalue weighted by molar-refractivity contribution is -0.129. The number of anilines is 1. The Labute approximate surface area is 232 Å². The molecule has 0 aliphatic carbocycles. The van der Waals surface area contributed by atoms with E-state index in [0.717, 1.165) is 13.1 Å². The lowest BCUT2D eigenvalue weighted by Crippen LogP contribution is -2.38. The van der Waals surface area contributed by atoms with E-state index in [0.29, 0.717) is 24.9 Å². The molecule has 4 heterocycles. The number of rotatable bonds is 9. The lowest BCUT2D eigenvalue weighted by Gasteiger charge is -2.18. The number of aromatic nitrogens is 3. The number of ether oxygens (including phenoxy) is 1.